The lowest BCUT2D eigenvalue weighted by atomic mass is 9.32. The van der Waals surface area contributed by atoms with Crippen LogP contribution < -0.4 is 14.2 Å². The highest BCUT2D eigenvalue weighted by atomic mass is 19.4. The van der Waals surface area contributed by atoms with Gasteiger partial charge in [0.25, 0.3) is 0 Å². The van der Waals surface area contributed by atoms with Crippen LogP contribution in [0.2, 0.25) is 0 Å². The first kappa shape index (κ1) is 39.3. The van der Waals surface area contributed by atoms with Crippen LogP contribution in [0.5, 0.6) is 17.2 Å². The van der Waals surface area contributed by atoms with Crippen molar-refractivity contribution in [3.63, 3.8) is 0 Å². The zero-order valence-corrected chi connectivity index (χ0v) is 32.7. The number of ether oxygens (including phenoxy) is 3. The molecule has 1 heterocycles. The number of amides is 1. The van der Waals surface area contributed by atoms with Crippen molar-refractivity contribution in [3.8, 4) is 17.2 Å². The Morgan fingerprint density at radius 3 is 2.26 bits per heavy atom. The summed E-state index contributed by atoms with van der Waals surface area (Å²) in [6.07, 6.45) is 7.12. The molecular weight excluding hydrogens is 739 g/mol. The summed E-state index contributed by atoms with van der Waals surface area (Å²) in [5.74, 6) is 0.287. The second kappa shape index (κ2) is 13.8. The van der Waals surface area contributed by atoms with E-state index in [0.29, 0.717) is 60.3 Å². The fourth-order valence-corrected chi connectivity index (χ4v) is 12.0. The average molecular weight is 790 g/mol. The quantitative estimate of drug-likeness (QED) is 0.147. The molecule has 1 unspecified atom stereocenters. The number of allylic oxidation sites excluding steroid dienone is 4. The molecule has 0 saturated heterocycles. The third-order valence-corrected chi connectivity index (χ3v) is 14.8. The number of ketones is 1. The summed E-state index contributed by atoms with van der Waals surface area (Å²) in [6, 6.07) is 14.0. The van der Waals surface area contributed by atoms with E-state index in [2.05, 4.69) is 36.8 Å². The number of methoxy groups -OCH3 is 2. The van der Waals surface area contributed by atoms with Gasteiger partial charge in [-0.25, -0.2) is 0 Å². The molecule has 1 amide bonds. The van der Waals surface area contributed by atoms with E-state index in [9.17, 15) is 33.0 Å². The van der Waals surface area contributed by atoms with Crippen molar-refractivity contribution in [1.82, 2.24) is 4.90 Å². The zero-order valence-electron chi connectivity index (χ0n) is 32.7. The molecule has 304 valence electrons. The first-order chi connectivity index (χ1) is 27.0. The number of hydrogen-bond donors (Lipinski definition) is 2. The lowest BCUT2D eigenvalue weighted by Gasteiger charge is -2.71. The monoisotopic (exact) mass is 789 g/mol. The van der Waals surface area contributed by atoms with Gasteiger partial charge in [0, 0.05) is 28.4 Å². The van der Waals surface area contributed by atoms with Gasteiger partial charge in [-0.3, -0.25) is 9.59 Å². The fourth-order valence-electron chi connectivity index (χ4n) is 12.0. The van der Waals surface area contributed by atoms with E-state index < -0.39 is 34.3 Å². The molecule has 6 aliphatic rings. The van der Waals surface area contributed by atoms with Gasteiger partial charge in [-0.05, 0) is 110 Å². The van der Waals surface area contributed by atoms with E-state index in [-0.39, 0.29) is 60.0 Å². The van der Waals surface area contributed by atoms with Gasteiger partial charge in [0.15, 0.2) is 17.3 Å². The van der Waals surface area contributed by atoms with Crippen LogP contribution in [0.15, 0.2) is 89.1 Å². The van der Waals surface area contributed by atoms with Crippen molar-refractivity contribution < 1.29 is 51.6 Å². The van der Waals surface area contributed by atoms with Crippen LogP contribution in [0.4, 0.5) is 13.2 Å². The highest BCUT2D eigenvalue weighted by Gasteiger charge is 2.74. The van der Waals surface area contributed by atoms with Gasteiger partial charge in [0.2, 0.25) is 11.7 Å². The number of aliphatic hydroxyl groups excluding tert-OH is 1. The van der Waals surface area contributed by atoms with E-state index in [1.54, 1.807) is 35.2 Å². The summed E-state index contributed by atoms with van der Waals surface area (Å²) in [4.78, 5) is 30.6. The normalized spacial score (nSPS) is 33.8. The smallest absolute Gasteiger partial charge is 0.493 e. The molecule has 0 radical (unpaired) electrons. The summed E-state index contributed by atoms with van der Waals surface area (Å²) in [5, 5.41) is 24.1. The summed E-state index contributed by atoms with van der Waals surface area (Å²) >= 11 is 0. The number of furan rings is 1. The van der Waals surface area contributed by atoms with E-state index >= 15 is 0 Å². The second-order valence-electron chi connectivity index (χ2n) is 17.4. The molecule has 2 N–H and O–H groups in total. The molecule has 3 saturated carbocycles. The van der Waals surface area contributed by atoms with Crippen molar-refractivity contribution in [2.24, 2.45) is 33.5 Å². The highest BCUT2D eigenvalue weighted by molar-refractivity contribution is 6.08. The number of Topliss-reactive ketones (excluding diaryl/α,β-unsaturated/α-hetero) is 1. The number of nitrogens with zero attached hydrogens (tertiary/aromatic N) is 1. The molecule has 57 heavy (non-hydrogen) atoms. The first-order valence-corrected chi connectivity index (χ1v) is 19.8. The predicted octanol–water partition coefficient (Wildman–Crippen LogP) is 8.24. The Morgan fingerprint density at radius 2 is 1.58 bits per heavy atom. The Balaban J connectivity index is 1.15. The number of fused-ring (bicyclic) bond motifs is 1. The standard InChI is InChI=1S/C45H50F3NO8/c1-40-16-13-30(50)24-42(40)19-20-44(32(25-42)39(52)34-6-5-21-56-34)36(40)14-17-41(2)37(44)15-18-43(41,53)27-49(26-28-7-10-31(11-8-28)57-45(46,47)48)38(51)23-29-9-12-33(54-3)35(22-29)55-4/h5-12,19-22,25,30,36-37,50,53H,13-18,23-24,26-27H2,1-4H3/t30?,36-,37-,40-,41+,42+,43-,44-/m1/s1. The number of carbonyl (C=O) groups is 2. The lowest BCUT2D eigenvalue weighted by molar-refractivity contribution is -0.274. The Kier molecular flexibility index (Phi) is 9.50. The van der Waals surface area contributed by atoms with Crippen LogP contribution in [0.25, 0.3) is 0 Å². The topological polar surface area (TPSA) is 119 Å². The van der Waals surface area contributed by atoms with E-state index in [1.807, 2.05) is 0 Å². The van der Waals surface area contributed by atoms with Crippen molar-refractivity contribution in [2.45, 2.75) is 89.8 Å². The fraction of sp³-hybridized carbons (Fsp3) is 0.511. The third-order valence-electron chi connectivity index (χ3n) is 14.8. The lowest BCUT2D eigenvalue weighted by Crippen LogP contribution is -2.67. The Hall–Kier alpha value is -4.55. The Morgan fingerprint density at radius 1 is 0.895 bits per heavy atom. The molecule has 12 heteroatoms. The van der Waals surface area contributed by atoms with Gasteiger partial charge in [-0.1, -0.05) is 50.3 Å². The maximum absolute atomic E-state index is 14.6. The molecule has 3 fully saturated rings. The SMILES string of the molecule is COc1ccc(CC(=O)N(Cc2ccc(OC(F)(F)F)cc2)C[C@]2(O)CC[C@H]3[C@]45C=C[C@@]6(C=C4C(=O)c4ccco4)CC(O)CC[C@]6(C)[C@H]5CC[C@@]32C)cc1OC. The summed E-state index contributed by atoms with van der Waals surface area (Å²) in [6.45, 7) is 4.41. The summed E-state index contributed by atoms with van der Waals surface area (Å²) in [7, 11) is 3.04. The van der Waals surface area contributed by atoms with E-state index in [1.165, 1.54) is 44.7 Å². The molecule has 6 aliphatic carbocycles. The van der Waals surface area contributed by atoms with Crippen molar-refractivity contribution >= 4 is 11.7 Å². The van der Waals surface area contributed by atoms with Crippen molar-refractivity contribution in [1.29, 1.82) is 0 Å². The van der Waals surface area contributed by atoms with E-state index in [0.717, 1.165) is 12.8 Å². The van der Waals surface area contributed by atoms with Crippen molar-refractivity contribution in [3.05, 3.63) is 102 Å². The largest absolute Gasteiger partial charge is 0.573 e. The number of alkyl halides is 3. The molecule has 9 nitrogen and oxygen atoms in total. The van der Waals surface area contributed by atoms with Crippen LogP contribution in [-0.4, -0.2) is 65.6 Å². The van der Waals surface area contributed by atoms with Gasteiger partial charge in [0.05, 0.1) is 45.2 Å². The molecule has 2 spiro atoms. The van der Waals surface area contributed by atoms with E-state index in [4.69, 9.17) is 13.9 Å². The minimum Gasteiger partial charge on any atom is -0.493 e. The molecule has 9 rings (SSSR count). The molecule has 8 atom stereocenters. The van der Waals surface area contributed by atoms with Gasteiger partial charge >= 0.3 is 6.36 Å². The highest BCUT2D eigenvalue weighted by Crippen LogP contribution is 2.78. The summed E-state index contributed by atoms with van der Waals surface area (Å²) in [5.41, 5.74) is -1.67. The average Bonchev–Trinajstić information content (AvgIpc) is 3.81. The second-order valence-corrected chi connectivity index (χ2v) is 17.4. The molecule has 0 aliphatic heterocycles. The zero-order chi connectivity index (χ0) is 40.6. The Bertz CT molecular complexity index is 2100. The number of aliphatic hydroxyl groups is 2. The molecule has 2 bridgehead atoms. The maximum Gasteiger partial charge on any atom is 0.573 e. The predicted molar refractivity (Wildman–Crippen MR) is 203 cm³/mol. The molecule has 1 aromatic heterocycles. The number of hydrogen-bond acceptors (Lipinski definition) is 8. The first-order valence-electron chi connectivity index (χ1n) is 19.8. The minimum atomic E-state index is -4.85. The van der Waals surface area contributed by atoms with Crippen LogP contribution in [-0.2, 0) is 17.8 Å². The van der Waals surface area contributed by atoms with Crippen LogP contribution >= 0.6 is 0 Å². The molecular formula is C45H50F3NO8. The summed E-state index contributed by atoms with van der Waals surface area (Å²) < 4.78 is 59.6. The van der Waals surface area contributed by atoms with Gasteiger partial charge in [-0.15, -0.1) is 13.2 Å². The van der Waals surface area contributed by atoms with Gasteiger partial charge < -0.3 is 33.7 Å². The van der Waals surface area contributed by atoms with Gasteiger partial charge in [0.1, 0.15) is 5.75 Å². The van der Waals surface area contributed by atoms with Gasteiger partial charge in [-0.2, -0.15) is 0 Å². The van der Waals surface area contributed by atoms with Crippen LogP contribution in [0.3, 0.4) is 0 Å². The minimum absolute atomic E-state index is 0.0280. The van der Waals surface area contributed by atoms with Crippen LogP contribution in [0, 0.1) is 33.5 Å². The van der Waals surface area contributed by atoms with Crippen molar-refractivity contribution in [2.75, 3.05) is 20.8 Å². The Labute approximate surface area is 330 Å². The maximum atomic E-state index is 14.6. The molecule has 3 aromatic rings. The number of benzene rings is 2. The molecule has 2 aromatic carbocycles. The number of halogens is 3. The third kappa shape index (κ3) is 6.20. The number of rotatable bonds is 11. The van der Waals surface area contributed by atoms with Crippen LogP contribution in [0.1, 0.15) is 80.5 Å². The number of carbonyl (C=O) groups excluding carboxylic acids is 2.